The predicted octanol–water partition coefficient (Wildman–Crippen LogP) is -0.425. The third-order valence-electron chi connectivity index (χ3n) is 2.13. The Hall–Kier alpha value is -1.70. The third-order valence-corrected chi connectivity index (χ3v) is 3.55. The standard InChI is InChI=1S/C8H11N5O2S/c1-3-13-8-6(10-4-5(2)11-8)7(9)12-16(13,14)15/h4H,3H2,1-2H3,(H2,9,12). The first kappa shape index (κ1) is 10.8. The summed E-state index contributed by atoms with van der Waals surface area (Å²) in [6.07, 6.45) is 1.52. The van der Waals surface area contributed by atoms with Crippen molar-refractivity contribution >= 4 is 21.9 Å². The fraction of sp³-hybridized carbons (Fsp3) is 0.375. The molecule has 0 aliphatic carbocycles. The largest absolute Gasteiger partial charge is 0.381 e. The summed E-state index contributed by atoms with van der Waals surface area (Å²) in [7, 11) is -3.76. The van der Waals surface area contributed by atoms with E-state index in [1.54, 1.807) is 13.8 Å². The minimum absolute atomic E-state index is 0.118. The van der Waals surface area contributed by atoms with Gasteiger partial charge in [0.15, 0.2) is 11.7 Å². The molecular formula is C8H11N5O2S. The van der Waals surface area contributed by atoms with Gasteiger partial charge < -0.3 is 5.73 Å². The molecule has 0 aromatic carbocycles. The number of fused-ring (bicyclic) bond motifs is 1. The molecule has 1 aromatic heterocycles. The second-order valence-corrected chi connectivity index (χ2v) is 4.82. The lowest BCUT2D eigenvalue weighted by molar-refractivity contribution is 0.592. The van der Waals surface area contributed by atoms with Crippen molar-refractivity contribution < 1.29 is 8.42 Å². The average molecular weight is 241 g/mol. The highest BCUT2D eigenvalue weighted by Crippen LogP contribution is 2.24. The Morgan fingerprint density at radius 3 is 2.81 bits per heavy atom. The lowest BCUT2D eigenvalue weighted by Crippen LogP contribution is -2.38. The minimum Gasteiger partial charge on any atom is -0.381 e. The molecule has 2 rings (SSSR count). The van der Waals surface area contributed by atoms with Gasteiger partial charge in [-0.2, -0.15) is 8.42 Å². The van der Waals surface area contributed by atoms with Crippen LogP contribution in [0.15, 0.2) is 10.6 Å². The summed E-state index contributed by atoms with van der Waals surface area (Å²) in [6.45, 7) is 3.67. The maximum Gasteiger partial charge on any atom is 0.347 e. The Labute approximate surface area is 93.2 Å². The highest BCUT2D eigenvalue weighted by Gasteiger charge is 2.31. The van der Waals surface area contributed by atoms with Crippen LogP contribution in [0.25, 0.3) is 0 Å². The molecular weight excluding hydrogens is 230 g/mol. The zero-order valence-electron chi connectivity index (χ0n) is 8.88. The fourth-order valence-electron chi connectivity index (χ4n) is 1.46. The molecule has 0 bridgehead atoms. The lowest BCUT2D eigenvalue weighted by atomic mass is 10.3. The van der Waals surface area contributed by atoms with Gasteiger partial charge in [-0.25, -0.2) is 14.3 Å². The molecule has 0 fully saturated rings. The van der Waals surface area contributed by atoms with Gasteiger partial charge in [-0.3, -0.25) is 0 Å². The molecule has 8 heteroatoms. The maximum absolute atomic E-state index is 11.7. The smallest absolute Gasteiger partial charge is 0.347 e. The molecule has 0 atom stereocenters. The molecule has 7 nitrogen and oxygen atoms in total. The summed E-state index contributed by atoms with van der Waals surface area (Å²) in [5.41, 5.74) is 6.47. The molecule has 1 aliphatic rings. The number of nitrogens with two attached hydrogens (primary N) is 1. The Bertz CT molecular complexity index is 566. The van der Waals surface area contributed by atoms with E-state index in [0.29, 0.717) is 11.4 Å². The molecule has 16 heavy (non-hydrogen) atoms. The maximum atomic E-state index is 11.7. The van der Waals surface area contributed by atoms with Gasteiger partial charge in [0, 0.05) is 12.7 Å². The van der Waals surface area contributed by atoms with Gasteiger partial charge in [0.1, 0.15) is 5.69 Å². The number of aromatic nitrogens is 2. The lowest BCUT2D eigenvalue weighted by Gasteiger charge is -2.24. The summed E-state index contributed by atoms with van der Waals surface area (Å²) in [6, 6.07) is 0. The van der Waals surface area contributed by atoms with Crippen LogP contribution >= 0.6 is 0 Å². The van der Waals surface area contributed by atoms with Crippen molar-refractivity contribution in [1.29, 1.82) is 0 Å². The quantitative estimate of drug-likeness (QED) is 0.719. The van der Waals surface area contributed by atoms with Crippen LogP contribution in [0.1, 0.15) is 18.3 Å². The van der Waals surface area contributed by atoms with Crippen LogP contribution in [-0.2, 0) is 10.2 Å². The predicted molar refractivity (Wildman–Crippen MR) is 59.4 cm³/mol. The first-order valence-corrected chi connectivity index (χ1v) is 6.07. The van der Waals surface area contributed by atoms with Crippen molar-refractivity contribution in [2.75, 3.05) is 10.8 Å². The minimum atomic E-state index is -3.76. The molecule has 0 spiro atoms. The fourth-order valence-corrected chi connectivity index (χ4v) is 2.56. The monoisotopic (exact) mass is 241 g/mol. The van der Waals surface area contributed by atoms with Crippen LogP contribution < -0.4 is 10.0 Å². The summed E-state index contributed by atoms with van der Waals surface area (Å²) in [5.74, 6) is 0.127. The van der Waals surface area contributed by atoms with Crippen LogP contribution in [-0.4, -0.2) is 30.8 Å². The Morgan fingerprint density at radius 1 is 1.50 bits per heavy atom. The Kier molecular flexibility index (Phi) is 2.30. The molecule has 86 valence electrons. The highest BCUT2D eigenvalue weighted by molar-refractivity contribution is 7.91. The molecule has 2 N–H and O–H groups in total. The van der Waals surface area contributed by atoms with E-state index in [2.05, 4.69) is 14.4 Å². The highest BCUT2D eigenvalue weighted by atomic mass is 32.2. The number of hydrogen-bond acceptors (Lipinski definition) is 5. The zero-order valence-corrected chi connectivity index (χ0v) is 9.69. The number of nitrogens with zero attached hydrogens (tertiary/aromatic N) is 4. The van der Waals surface area contributed by atoms with E-state index in [9.17, 15) is 8.42 Å². The second-order valence-electron chi connectivity index (χ2n) is 3.30. The first-order valence-electron chi connectivity index (χ1n) is 4.68. The van der Waals surface area contributed by atoms with Crippen molar-refractivity contribution in [1.82, 2.24) is 9.97 Å². The van der Waals surface area contributed by atoms with Gasteiger partial charge in [-0.15, -0.1) is 4.40 Å². The van der Waals surface area contributed by atoms with Gasteiger partial charge >= 0.3 is 10.2 Å². The third kappa shape index (κ3) is 1.51. The van der Waals surface area contributed by atoms with E-state index in [4.69, 9.17) is 5.73 Å². The summed E-state index contributed by atoms with van der Waals surface area (Å²) in [4.78, 5) is 8.17. The number of anilines is 1. The van der Waals surface area contributed by atoms with E-state index in [1.807, 2.05) is 0 Å². The molecule has 0 unspecified atom stereocenters. The molecule has 0 radical (unpaired) electrons. The van der Waals surface area contributed by atoms with Crippen LogP contribution in [0.5, 0.6) is 0 Å². The van der Waals surface area contributed by atoms with Gasteiger partial charge in [0.25, 0.3) is 0 Å². The average Bonchev–Trinajstić information content (AvgIpc) is 2.16. The van der Waals surface area contributed by atoms with Crippen molar-refractivity contribution in [2.24, 2.45) is 10.1 Å². The number of rotatable bonds is 1. The van der Waals surface area contributed by atoms with Gasteiger partial charge in [0.05, 0.1) is 5.69 Å². The molecule has 1 aliphatic heterocycles. The van der Waals surface area contributed by atoms with Gasteiger partial charge in [-0.05, 0) is 13.8 Å². The first-order chi connectivity index (χ1) is 7.45. The van der Waals surface area contributed by atoms with Crippen LogP contribution in [0, 0.1) is 6.92 Å². The van der Waals surface area contributed by atoms with Gasteiger partial charge in [-0.1, -0.05) is 0 Å². The topological polar surface area (TPSA) is 102 Å². The number of hydrogen-bond donors (Lipinski definition) is 1. The number of amidine groups is 1. The Morgan fingerprint density at radius 2 is 2.19 bits per heavy atom. The zero-order chi connectivity index (χ0) is 11.9. The van der Waals surface area contributed by atoms with E-state index in [-0.39, 0.29) is 18.2 Å². The second kappa shape index (κ2) is 3.41. The summed E-state index contributed by atoms with van der Waals surface area (Å²) in [5, 5.41) is 0. The van der Waals surface area contributed by atoms with Gasteiger partial charge in [0.2, 0.25) is 0 Å². The molecule has 1 aromatic rings. The van der Waals surface area contributed by atoms with E-state index in [0.717, 1.165) is 4.31 Å². The Balaban J connectivity index is 2.74. The summed E-state index contributed by atoms with van der Waals surface area (Å²) >= 11 is 0. The van der Waals surface area contributed by atoms with Crippen LogP contribution in [0.2, 0.25) is 0 Å². The van der Waals surface area contributed by atoms with Crippen LogP contribution in [0.4, 0.5) is 5.82 Å². The molecule has 0 saturated carbocycles. The van der Waals surface area contributed by atoms with E-state index < -0.39 is 10.2 Å². The normalized spacial score (nSPS) is 17.9. The molecule has 2 heterocycles. The molecule has 0 saturated heterocycles. The van der Waals surface area contributed by atoms with E-state index in [1.165, 1.54) is 6.20 Å². The van der Waals surface area contributed by atoms with Crippen molar-refractivity contribution in [3.05, 3.63) is 17.6 Å². The van der Waals surface area contributed by atoms with E-state index >= 15 is 0 Å². The number of aryl methyl sites for hydroxylation is 1. The SMILES string of the molecule is CCN1c2nc(C)cnc2C(N)=NS1(=O)=O. The van der Waals surface area contributed by atoms with Crippen LogP contribution in [0.3, 0.4) is 0 Å². The summed E-state index contributed by atoms with van der Waals surface area (Å²) < 4.78 is 27.9. The van der Waals surface area contributed by atoms with Crippen molar-refractivity contribution in [3.8, 4) is 0 Å². The van der Waals surface area contributed by atoms with Crippen molar-refractivity contribution in [2.45, 2.75) is 13.8 Å². The molecule has 0 amide bonds. The van der Waals surface area contributed by atoms with Crippen molar-refractivity contribution in [3.63, 3.8) is 0 Å².